The van der Waals surface area contributed by atoms with E-state index in [1.54, 1.807) is 0 Å². The lowest BCUT2D eigenvalue weighted by Gasteiger charge is -2.31. The van der Waals surface area contributed by atoms with Crippen molar-refractivity contribution in [2.24, 2.45) is 5.92 Å². The van der Waals surface area contributed by atoms with Gasteiger partial charge in [-0.05, 0) is 52.4 Å². The number of esters is 1. The van der Waals surface area contributed by atoms with Gasteiger partial charge in [0, 0.05) is 5.54 Å². The molecule has 1 saturated carbocycles. The molecule has 1 aliphatic rings. The van der Waals surface area contributed by atoms with E-state index in [1.165, 1.54) is 19.3 Å². The molecule has 0 aromatic rings. The van der Waals surface area contributed by atoms with Gasteiger partial charge >= 0.3 is 5.97 Å². The lowest BCUT2D eigenvalue weighted by atomic mass is 9.85. The molecule has 3 nitrogen and oxygen atoms in total. The number of carbonyl (C=O) groups excluding carboxylic acids is 1. The molecule has 100 valence electrons. The minimum absolute atomic E-state index is 0.0320. The Morgan fingerprint density at radius 1 is 1.29 bits per heavy atom. The molecule has 1 fully saturated rings. The SMILES string of the molecule is CCC1CCCCC1OC(=O)CNC(C)(C)C. The van der Waals surface area contributed by atoms with Gasteiger partial charge in [0.25, 0.3) is 0 Å². The highest BCUT2D eigenvalue weighted by Gasteiger charge is 2.27. The van der Waals surface area contributed by atoms with Crippen LogP contribution in [0, 0.1) is 5.92 Å². The third-order valence-corrected chi connectivity index (χ3v) is 3.41. The van der Waals surface area contributed by atoms with Crippen LogP contribution in [0.1, 0.15) is 59.8 Å². The normalized spacial score (nSPS) is 25.6. The van der Waals surface area contributed by atoms with Gasteiger partial charge in [-0.1, -0.05) is 13.3 Å². The van der Waals surface area contributed by atoms with E-state index in [4.69, 9.17) is 4.74 Å². The Morgan fingerprint density at radius 2 is 1.94 bits per heavy atom. The third kappa shape index (κ3) is 5.53. The van der Waals surface area contributed by atoms with E-state index in [9.17, 15) is 4.79 Å². The summed E-state index contributed by atoms with van der Waals surface area (Å²) in [6, 6.07) is 0. The molecule has 2 atom stereocenters. The van der Waals surface area contributed by atoms with Crippen molar-refractivity contribution < 1.29 is 9.53 Å². The van der Waals surface area contributed by atoms with Crippen molar-refractivity contribution in [2.75, 3.05) is 6.54 Å². The Balaban J connectivity index is 2.33. The molecule has 3 heteroatoms. The van der Waals surface area contributed by atoms with Gasteiger partial charge in [-0.3, -0.25) is 4.79 Å². The molecule has 0 heterocycles. The monoisotopic (exact) mass is 241 g/mol. The molecule has 1 rings (SSSR count). The zero-order valence-electron chi connectivity index (χ0n) is 11.7. The van der Waals surface area contributed by atoms with Crippen LogP contribution in [0.3, 0.4) is 0 Å². The van der Waals surface area contributed by atoms with E-state index >= 15 is 0 Å². The lowest BCUT2D eigenvalue weighted by molar-refractivity contribution is -0.152. The van der Waals surface area contributed by atoms with Crippen molar-refractivity contribution in [2.45, 2.75) is 71.4 Å². The molecule has 0 spiro atoms. The second-order valence-electron chi connectivity index (χ2n) is 6.08. The van der Waals surface area contributed by atoms with E-state index in [2.05, 4.69) is 33.0 Å². The number of ether oxygens (including phenoxy) is 1. The molecule has 0 aliphatic heterocycles. The fourth-order valence-electron chi connectivity index (χ4n) is 2.34. The Morgan fingerprint density at radius 3 is 2.53 bits per heavy atom. The zero-order valence-corrected chi connectivity index (χ0v) is 11.7. The molecule has 17 heavy (non-hydrogen) atoms. The van der Waals surface area contributed by atoms with E-state index in [0.29, 0.717) is 12.5 Å². The van der Waals surface area contributed by atoms with Gasteiger partial charge in [0.05, 0.1) is 6.54 Å². The highest BCUT2D eigenvalue weighted by molar-refractivity contribution is 5.72. The first-order chi connectivity index (χ1) is 7.92. The van der Waals surface area contributed by atoms with Gasteiger partial charge in [0.15, 0.2) is 0 Å². The van der Waals surface area contributed by atoms with Crippen LogP contribution in [0.25, 0.3) is 0 Å². The maximum Gasteiger partial charge on any atom is 0.320 e. The summed E-state index contributed by atoms with van der Waals surface area (Å²) >= 11 is 0. The number of hydrogen-bond acceptors (Lipinski definition) is 3. The summed E-state index contributed by atoms with van der Waals surface area (Å²) in [5.74, 6) is 0.465. The fourth-order valence-corrected chi connectivity index (χ4v) is 2.34. The van der Waals surface area contributed by atoms with E-state index in [1.807, 2.05) is 0 Å². The largest absolute Gasteiger partial charge is 0.461 e. The van der Waals surface area contributed by atoms with Crippen LogP contribution < -0.4 is 5.32 Å². The third-order valence-electron chi connectivity index (χ3n) is 3.41. The maximum atomic E-state index is 11.7. The molecule has 0 amide bonds. The predicted molar refractivity (Wildman–Crippen MR) is 69.9 cm³/mol. The number of nitrogens with one attached hydrogen (secondary N) is 1. The molecule has 0 bridgehead atoms. The number of hydrogen-bond donors (Lipinski definition) is 1. The Labute approximate surface area is 105 Å². The first kappa shape index (κ1) is 14.5. The van der Waals surface area contributed by atoms with Gasteiger partial charge in [-0.25, -0.2) is 0 Å². The average Bonchev–Trinajstić information content (AvgIpc) is 2.26. The molecule has 1 N–H and O–H groups in total. The molecule has 0 radical (unpaired) electrons. The van der Waals surface area contributed by atoms with E-state index in [0.717, 1.165) is 12.8 Å². The van der Waals surface area contributed by atoms with Crippen LogP contribution in [-0.4, -0.2) is 24.2 Å². The molecule has 1 aliphatic carbocycles. The molecular weight excluding hydrogens is 214 g/mol. The predicted octanol–water partition coefficient (Wildman–Crippen LogP) is 2.89. The Hall–Kier alpha value is -0.570. The summed E-state index contributed by atoms with van der Waals surface area (Å²) in [5, 5.41) is 3.17. The van der Waals surface area contributed by atoms with Crippen molar-refractivity contribution in [3.05, 3.63) is 0 Å². The molecular formula is C14H27NO2. The zero-order chi connectivity index (χ0) is 12.9. The first-order valence-corrected chi connectivity index (χ1v) is 6.87. The van der Waals surface area contributed by atoms with Gasteiger partial charge in [-0.15, -0.1) is 0 Å². The quantitative estimate of drug-likeness (QED) is 0.769. The topological polar surface area (TPSA) is 38.3 Å². The maximum absolute atomic E-state index is 11.7. The standard InChI is InChI=1S/C14H27NO2/c1-5-11-8-6-7-9-12(11)17-13(16)10-15-14(2,3)4/h11-12,15H,5-10H2,1-4H3. The second-order valence-corrected chi connectivity index (χ2v) is 6.08. The summed E-state index contributed by atoms with van der Waals surface area (Å²) in [5.41, 5.74) is -0.0320. The smallest absolute Gasteiger partial charge is 0.320 e. The van der Waals surface area contributed by atoms with Gasteiger partial charge in [-0.2, -0.15) is 0 Å². The lowest BCUT2D eigenvalue weighted by Crippen LogP contribution is -2.41. The second kappa shape index (κ2) is 6.39. The molecule has 0 saturated heterocycles. The van der Waals surface area contributed by atoms with E-state index in [-0.39, 0.29) is 17.6 Å². The molecule has 0 aromatic heterocycles. The van der Waals surface area contributed by atoms with Crippen LogP contribution in [-0.2, 0) is 9.53 Å². The minimum Gasteiger partial charge on any atom is -0.461 e. The van der Waals surface area contributed by atoms with Crippen molar-refractivity contribution in [3.63, 3.8) is 0 Å². The van der Waals surface area contributed by atoms with Gasteiger partial charge in [0.2, 0.25) is 0 Å². The highest BCUT2D eigenvalue weighted by Crippen LogP contribution is 2.29. The minimum atomic E-state index is -0.106. The molecule has 2 unspecified atom stereocenters. The van der Waals surface area contributed by atoms with Crippen LogP contribution in [0.2, 0.25) is 0 Å². The van der Waals surface area contributed by atoms with Crippen molar-refractivity contribution in [1.82, 2.24) is 5.32 Å². The fraction of sp³-hybridized carbons (Fsp3) is 0.929. The highest BCUT2D eigenvalue weighted by atomic mass is 16.5. The van der Waals surface area contributed by atoms with E-state index < -0.39 is 0 Å². The number of carbonyl (C=O) groups is 1. The number of rotatable bonds is 4. The van der Waals surface area contributed by atoms with Crippen molar-refractivity contribution in [1.29, 1.82) is 0 Å². The van der Waals surface area contributed by atoms with Gasteiger partial charge in [0.1, 0.15) is 6.10 Å². The summed E-state index contributed by atoms with van der Waals surface area (Å²) in [7, 11) is 0. The van der Waals surface area contributed by atoms with Gasteiger partial charge < -0.3 is 10.1 Å². The van der Waals surface area contributed by atoms with Crippen molar-refractivity contribution >= 4 is 5.97 Å². The van der Waals surface area contributed by atoms with Crippen LogP contribution in [0.15, 0.2) is 0 Å². The summed E-state index contributed by atoms with van der Waals surface area (Å²) in [4.78, 5) is 11.7. The van der Waals surface area contributed by atoms with Crippen LogP contribution >= 0.6 is 0 Å². The summed E-state index contributed by atoms with van der Waals surface area (Å²) in [6.07, 6.45) is 6.00. The Kier molecular flexibility index (Phi) is 5.44. The van der Waals surface area contributed by atoms with Crippen molar-refractivity contribution in [3.8, 4) is 0 Å². The molecule has 0 aromatic carbocycles. The Bertz CT molecular complexity index is 245. The first-order valence-electron chi connectivity index (χ1n) is 6.87. The summed E-state index contributed by atoms with van der Waals surface area (Å²) < 4.78 is 5.59. The summed E-state index contributed by atoms with van der Waals surface area (Å²) in [6.45, 7) is 8.65. The van der Waals surface area contributed by atoms with Crippen LogP contribution in [0.5, 0.6) is 0 Å². The average molecular weight is 241 g/mol. The van der Waals surface area contributed by atoms with Crippen LogP contribution in [0.4, 0.5) is 0 Å².